The van der Waals surface area contributed by atoms with E-state index < -0.39 is 12.1 Å². The molecule has 1 aliphatic heterocycles. The third-order valence-electron chi connectivity index (χ3n) is 4.18. The summed E-state index contributed by atoms with van der Waals surface area (Å²) in [5.74, 6) is -0.434. The average Bonchev–Trinajstić information content (AvgIpc) is 3.10. The van der Waals surface area contributed by atoms with Gasteiger partial charge in [0.25, 0.3) is 5.91 Å². The summed E-state index contributed by atoms with van der Waals surface area (Å²) in [6.45, 7) is 1.83. The molecule has 0 N–H and O–H groups in total. The van der Waals surface area contributed by atoms with Gasteiger partial charge < -0.3 is 14.4 Å². The lowest BCUT2D eigenvalue weighted by Gasteiger charge is -2.21. The Morgan fingerprint density at radius 3 is 2.62 bits per heavy atom. The summed E-state index contributed by atoms with van der Waals surface area (Å²) < 4.78 is 10.5. The zero-order valence-corrected chi connectivity index (χ0v) is 14.4. The van der Waals surface area contributed by atoms with Crippen molar-refractivity contribution in [1.82, 2.24) is 0 Å². The summed E-state index contributed by atoms with van der Waals surface area (Å²) in [6, 6.07) is 14.1. The highest BCUT2D eigenvalue weighted by atomic mass is 16.6. The van der Waals surface area contributed by atoms with Gasteiger partial charge in [0, 0.05) is 17.8 Å². The van der Waals surface area contributed by atoms with E-state index in [1.165, 1.54) is 0 Å². The Balaban J connectivity index is 1.52. The van der Waals surface area contributed by atoms with Crippen molar-refractivity contribution >= 4 is 23.9 Å². The molecule has 1 aliphatic rings. The van der Waals surface area contributed by atoms with Crippen LogP contribution in [0.3, 0.4) is 0 Å². The SMILES string of the molecule is C[C@@H](OC(=O)COc1ccc(C=O)cc1)C(=O)N1CCc2ccccc21. The van der Waals surface area contributed by atoms with Crippen LogP contribution in [0.15, 0.2) is 48.5 Å². The van der Waals surface area contributed by atoms with Gasteiger partial charge in [-0.1, -0.05) is 18.2 Å². The molecule has 0 aromatic heterocycles. The summed E-state index contributed by atoms with van der Waals surface area (Å²) >= 11 is 0. The van der Waals surface area contributed by atoms with Crippen molar-refractivity contribution in [2.45, 2.75) is 19.4 Å². The molecule has 0 spiro atoms. The van der Waals surface area contributed by atoms with Gasteiger partial charge in [-0.25, -0.2) is 4.79 Å². The van der Waals surface area contributed by atoms with E-state index >= 15 is 0 Å². The molecule has 0 bridgehead atoms. The van der Waals surface area contributed by atoms with E-state index in [0.29, 0.717) is 17.9 Å². The third-order valence-corrected chi connectivity index (χ3v) is 4.18. The van der Waals surface area contributed by atoms with Gasteiger partial charge in [0.15, 0.2) is 12.7 Å². The van der Waals surface area contributed by atoms with Crippen LogP contribution in [-0.2, 0) is 20.7 Å². The Kier molecular flexibility index (Phi) is 5.31. The molecule has 1 atom stereocenters. The highest BCUT2D eigenvalue weighted by Crippen LogP contribution is 2.28. The lowest BCUT2D eigenvalue weighted by Crippen LogP contribution is -2.39. The van der Waals surface area contributed by atoms with Crippen molar-refractivity contribution in [2.75, 3.05) is 18.1 Å². The molecular weight excluding hydrogens is 334 g/mol. The van der Waals surface area contributed by atoms with Crippen LogP contribution < -0.4 is 9.64 Å². The van der Waals surface area contributed by atoms with Crippen LogP contribution in [0.4, 0.5) is 5.69 Å². The Bertz CT molecular complexity index is 815. The van der Waals surface area contributed by atoms with Crippen molar-refractivity contribution in [3.8, 4) is 5.75 Å². The largest absolute Gasteiger partial charge is 0.482 e. The Morgan fingerprint density at radius 1 is 1.15 bits per heavy atom. The maximum Gasteiger partial charge on any atom is 0.344 e. The Labute approximate surface area is 151 Å². The van der Waals surface area contributed by atoms with Crippen molar-refractivity contribution in [3.63, 3.8) is 0 Å². The fraction of sp³-hybridized carbons (Fsp3) is 0.250. The minimum absolute atomic E-state index is 0.251. The van der Waals surface area contributed by atoms with Crippen LogP contribution >= 0.6 is 0 Å². The molecule has 2 aromatic rings. The molecular formula is C20H19NO5. The molecule has 0 saturated heterocycles. The number of hydrogen-bond acceptors (Lipinski definition) is 5. The number of rotatable bonds is 6. The lowest BCUT2D eigenvalue weighted by atomic mass is 10.2. The Hall–Kier alpha value is -3.15. The predicted molar refractivity (Wildman–Crippen MR) is 95.4 cm³/mol. The van der Waals surface area contributed by atoms with Gasteiger partial charge in [-0.3, -0.25) is 9.59 Å². The summed E-state index contributed by atoms with van der Waals surface area (Å²) in [4.78, 5) is 36.8. The highest BCUT2D eigenvalue weighted by Gasteiger charge is 2.29. The van der Waals surface area contributed by atoms with Crippen LogP contribution in [-0.4, -0.2) is 37.4 Å². The van der Waals surface area contributed by atoms with Gasteiger partial charge in [-0.15, -0.1) is 0 Å². The number of amides is 1. The highest BCUT2D eigenvalue weighted by molar-refractivity contribution is 5.99. The molecule has 0 radical (unpaired) electrons. The summed E-state index contributed by atoms with van der Waals surface area (Å²) in [5, 5.41) is 0. The molecule has 1 amide bonds. The van der Waals surface area contributed by atoms with Gasteiger partial charge in [0.05, 0.1) is 0 Å². The van der Waals surface area contributed by atoms with Crippen LogP contribution in [0.2, 0.25) is 0 Å². The van der Waals surface area contributed by atoms with E-state index in [4.69, 9.17) is 9.47 Å². The first-order chi connectivity index (χ1) is 12.6. The number of para-hydroxylation sites is 1. The van der Waals surface area contributed by atoms with Gasteiger partial charge in [0.1, 0.15) is 12.0 Å². The molecule has 2 aromatic carbocycles. The molecule has 134 valence electrons. The van der Waals surface area contributed by atoms with Crippen LogP contribution in [0.1, 0.15) is 22.8 Å². The second kappa shape index (κ2) is 7.82. The number of ether oxygens (including phenoxy) is 2. The fourth-order valence-corrected chi connectivity index (χ4v) is 2.85. The molecule has 6 heteroatoms. The summed E-state index contributed by atoms with van der Waals surface area (Å²) in [7, 11) is 0. The molecule has 6 nitrogen and oxygen atoms in total. The van der Waals surface area contributed by atoms with Crippen LogP contribution in [0, 0.1) is 0 Å². The third kappa shape index (κ3) is 3.91. The molecule has 0 aliphatic carbocycles. The first-order valence-corrected chi connectivity index (χ1v) is 8.35. The number of carbonyl (C=O) groups excluding carboxylic acids is 3. The van der Waals surface area contributed by atoms with E-state index in [9.17, 15) is 14.4 Å². The number of aldehydes is 1. The normalized spacial score (nSPS) is 13.7. The predicted octanol–water partition coefficient (Wildman–Crippen LogP) is 2.40. The van der Waals surface area contributed by atoms with Gasteiger partial charge in [-0.2, -0.15) is 0 Å². The standard InChI is InChI=1S/C20H19NO5/c1-14(20(24)21-11-10-16-4-2-3-5-18(16)21)26-19(23)13-25-17-8-6-15(12-22)7-9-17/h2-9,12,14H,10-11,13H2,1H3/t14-/m1/s1. The second-order valence-corrected chi connectivity index (χ2v) is 5.98. The maximum atomic E-state index is 12.6. The number of esters is 1. The summed E-state index contributed by atoms with van der Waals surface area (Å²) in [5.41, 5.74) is 2.50. The minimum atomic E-state index is -0.894. The second-order valence-electron chi connectivity index (χ2n) is 5.98. The molecule has 0 saturated carbocycles. The van der Waals surface area contributed by atoms with Crippen molar-refractivity contribution < 1.29 is 23.9 Å². The van der Waals surface area contributed by atoms with Gasteiger partial charge in [-0.05, 0) is 49.2 Å². The van der Waals surface area contributed by atoms with Crippen molar-refractivity contribution in [2.24, 2.45) is 0 Å². The Morgan fingerprint density at radius 2 is 1.88 bits per heavy atom. The van der Waals surface area contributed by atoms with E-state index in [1.807, 2.05) is 24.3 Å². The van der Waals surface area contributed by atoms with Gasteiger partial charge in [0.2, 0.25) is 0 Å². The average molecular weight is 353 g/mol. The van der Waals surface area contributed by atoms with E-state index in [0.717, 1.165) is 24.0 Å². The zero-order valence-electron chi connectivity index (χ0n) is 14.4. The van der Waals surface area contributed by atoms with E-state index in [1.54, 1.807) is 36.1 Å². The number of nitrogens with zero attached hydrogens (tertiary/aromatic N) is 1. The van der Waals surface area contributed by atoms with E-state index in [-0.39, 0.29) is 12.5 Å². The van der Waals surface area contributed by atoms with Crippen molar-refractivity contribution in [3.05, 3.63) is 59.7 Å². The molecule has 1 heterocycles. The van der Waals surface area contributed by atoms with Crippen LogP contribution in [0.5, 0.6) is 5.75 Å². The molecule has 3 rings (SSSR count). The molecule has 26 heavy (non-hydrogen) atoms. The molecule has 0 fully saturated rings. The van der Waals surface area contributed by atoms with E-state index in [2.05, 4.69) is 0 Å². The number of anilines is 1. The number of fused-ring (bicyclic) bond motifs is 1. The first-order valence-electron chi connectivity index (χ1n) is 8.35. The number of benzene rings is 2. The lowest BCUT2D eigenvalue weighted by molar-refractivity contribution is -0.155. The monoisotopic (exact) mass is 353 g/mol. The fourth-order valence-electron chi connectivity index (χ4n) is 2.85. The topological polar surface area (TPSA) is 72.9 Å². The van der Waals surface area contributed by atoms with Crippen molar-refractivity contribution in [1.29, 1.82) is 0 Å². The number of hydrogen-bond donors (Lipinski definition) is 0. The summed E-state index contributed by atoms with van der Waals surface area (Å²) in [6.07, 6.45) is 0.624. The van der Waals surface area contributed by atoms with Gasteiger partial charge >= 0.3 is 5.97 Å². The quantitative estimate of drug-likeness (QED) is 0.589. The minimum Gasteiger partial charge on any atom is -0.482 e. The smallest absolute Gasteiger partial charge is 0.344 e. The van der Waals surface area contributed by atoms with Crippen LogP contribution in [0.25, 0.3) is 0 Å². The first kappa shape index (κ1) is 17.7. The maximum absolute atomic E-state index is 12.6. The molecule has 0 unspecified atom stereocenters. The zero-order chi connectivity index (χ0) is 18.5. The number of carbonyl (C=O) groups is 3.